The zero-order valence-electron chi connectivity index (χ0n) is 23.3. The van der Waals surface area contributed by atoms with E-state index in [1.807, 2.05) is 73.7 Å². The average Bonchev–Trinajstić information content (AvgIpc) is 3.13. The third-order valence-electron chi connectivity index (χ3n) is 7.35. The number of ether oxygens (including phenoxy) is 1. The average molecular weight is 512 g/mol. The fraction of sp³-hybridized carbons (Fsp3) is 0.333. The highest BCUT2D eigenvalue weighted by atomic mass is 16.5. The van der Waals surface area contributed by atoms with Gasteiger partial charge in [0.2, 0.25) is 0 Å². The number of carbonyl (C=O) groups excluding carboxylic acids is 2. The number of methoxy groups -OCH3 is 1. The van der Waals surface area contributed by atoms with Crippen LogP contribution in [0.25, 0.3) is 5.76 Å². The van der Waals surface area contributed by atoms with E-state index in [-0.39, 0.29) is 23.3 Å². The van der Waals surface area contributed by atoms with Gasteiger partial charge in [-0.25, -0.2) is 0 Å². The number of aryl methyl sites for hydroxylation is 1. The number of likely N-dealkylation sites (tertiary alicyclic amines) is 1. The van der Waals surface area contributed by atoms with Gasteiger partial charge in [-0.1, -0.05) is 89.2 Å². The first-order chi connectivity index (χ1) is 17.9. The molecule has 1 heterocycles. The predicted octanol–water partition coefficient (Wildman–Crippen LogP) is 7.05. The zero-order valence-corrected chi connectivity index (χ0v) is 23.3. The first-order valence-electron chi connectivity index (χ1n) is 13.1. The second-order valence-corrected chi connectivity index (χ2v) is 11.3. The molecule has 1 aliphatic rings. The minimum atomic E-state index is -0.737. The maximum Gasteiger partial charge on any atom is 0.295 e. The summed E-state index contributed by atoms with van der Waals surface area (Å²) in [6.45, 7) is 12.6. The number of para-hydroxylation sites is 1. The predicted molar refractivity (Wildman–Crippen MR) is 151 cm³/mol. The lowest BCUT2D eigenvalue weighted by atomic mass is 9.84. The number of aliphatic hydroxyl groups excluding tert-OH is 1. The number of hydrogen-bond donors (Lipinski definition) is 1. The van der Waals surface area contributed by atoms with E-state index in [4.69, 9.17) is 4.74 Å². The van der Waals surface area contributed by atoms with Gasteiger partial charge in [0, 0.05) is 11.1 Å². The van der Waals surface area contributed by atoms with Gasteiger partial charge in [0.1, 0.15) is 11.5 Å². The SMILES string of the molecule is COc1ccccc1CN1C(=O)C(=O)/C(=C(/O)c2cc(C(C)(C)C)ccc2C)C1c1ccc(C(C)C)cc1. The van der Waals surface area contributed by atoms with Crippen molar-refractivity contribution >= 4 is 17.4 Å². The van der Waals surface area contributed by atoms with Crippen molar-refractivity contribution in [2.24, 2.45) is 0 Å². The largest absolute Gasteiger partial charge is 0.507 e. The fourth-order valence-corrected chi connectivity index (χ4v) is 4.96. The van der Waals surface area contributed by atoms with E-state index in [9.17, 15) is 14.7 Å². The molecule has 0 aliphatic carbocycles. The number of ketones is 1. The van der Waals surface area contributed by atoms with Crippen molar-refractivity contribution in [1.29, 1.82) is 0 Å². The Hall–Kier alpha value is -3.86. The number of Topliss-reactive ketones (excluding diaryl/α,β-unsaturated/α-hetero) is 1. The van der Waals surface area contributed by atoms with Crippen LogP contribution in [0, 0.1) is 6.92 Å². The number of amides is 1. The highest BCUT2D eigenvalue weighted by Gasteiger charge is 2.46. The van der Waals surface area contributed by atoms with Gasteiger partial charge in [-0.3, -0.25) is 9.59 Å². The summed E-state index contributed by atoms with van der Waals surface area (Å²) in [5, 5.41) is 11.7. The highest BCUT2D eigenvalue weighted by Crippen LogP contribution is 2.42. The lowest BCUT2D eigenvalue weighted by Crippen LogP contribution is -2.29. The summed E-state index contributed by atoms with van der Waals surface area (Å²) < 4.78 is 5.52. The molecular weight excluding hydrogens is 474 g/mol. The Morgan fingerprint density at radius 1 is 1.00 bits per heavy atom. The molecule has 1 atom stereocenters. The molecule has 3 aromatic rings. The van der Waals surface area contributed by atoms with E-state index in [0.717, 1.165) is 27.8 Å². The Morgan fingerprint density at radius 3 is 2.26 bits per heavy atom. The normalized spacial score (nSPS) is 17.4. The Balaban J connectivity index is 1.92. The summed E-state index contributed by atoms with van der Waals surface area (Å²) >= 11 is 0. The minimum Gasteiger partial charge on any atom is -0.507 e. The number of benzene rings is 3. The summed E-state index contributed by atoms with van der Waals surface area (Å²) in [6.07, 6.45) is 0. The van der Waals surface area contributed by atoms with Gasteiger partial charge >= 0.3 is 0 Å². The number of carbonyl (C=O) groups is 2. The third-order valence-corrected chi connectivity index (χ3v) is 7.35. The molecule has 0 spiro atoms. The molecule has 0 bridgehead atoms. The maximum absolute atomic E-state index is 13.6. The first-order valence-corrected chi connectivity index (χ1v) is 13.1. The number of nitrogens with zero attached hydrogens (tertiary/aromatic N) is 1. The van der Waals surface area contributed by atoms with E-state index in [1.165, 1.54) is 0 Å². The summed E-state index contributed by atoms with van der Waals surface area (Å²) in [4.78, 5) is 28.6. The van der Waals surface area contributed by atoms with Crippen molar-refractivity contribution < 1.29 is 19.4 Å². The zero-order chi connectivity index (χ0) is 27.8. The number of aliphatic hydroxyl groups is 1. The van der Waals surface area contributed by atoms with Crippen LogP contribution in [-0.2, 0) is 21.5 Å². The molecule has 3 aromatic carbocycles. The Morgan fingerprint density at radius 2 is 1.66 bits per heavy atom. The van der Waals surface area contributed by atoms with Gasteiger partial charge in [-0.15, -0.1) is 0 Å². The van der Waals surface area contributed by atoms with Crippen LogP contribution in [0.4, 0.5) is 0 Å². The van der Waals surface area contributed by atoms with Crippen LogP contribution >= 0.6 is 0 Å². The van der Waals surface area contributed by atoms with E-state index in [2.05, 4.69) is 34.6 Å². The lowest BCUT2D eigenvalue weighted by molar-refractivity contribution is -0.140. The van der Waals surface area contributed by atoms with Crippen LogP contribution in [0.15, 0.2) is 72.3 Å². The summed E-state index contributed by atoms with van der Waals surface area (Å²) in [6, 6.07) is 20.6. The summed E-state index contributed by atoms with van der Waals surface area (Å²) in [5.74, 6) is -0.493. The topological polar surface area (TPSA) is 66.8 Å². The molecule has 1 saturated heterocycles. The molecule has 1 aliphatic heterocycles. The highest BCUT2D eigenvalue weighted by molar-refractivity contribution is 6.46. The molecule has 0 saturated carbocycles. The van der Waals surface area contributed by atoms with Crippen LogP contribution in [0.2, 0.25) is 0 Å². The fourth-order valence-electron chi connectivity index (χ4n) is 4.96. The van der Waals surface area contributed by atoms with Gasteiger partial charge < -0.3 is 14.7 Å². The molecule has 0 radical (unpaired) electrons. The van der Waals surface area contributed by atoms with Crippen molar-refractivity contribution in [2.75, 3.05) is 7.11 Å². The molecule has 1 amide bonds. The van der Waals surface area contributed by atoms with Crippen molar-refractivity contribution in [3.05, 3.63) is 106 Å². The second-order valence-electron chi connectivity index (χ2n) is 11.3. The smallest absolute Gasteiger partial charge is 0.295 e. The second kappa shape index (κ2) is 10.5. The molecule has 4 rings (SSSR count). The van der Waals surface area contributed by atoms with Crippen LogP contribution in [-0.4, -0.2) is 28.8 Å². The lowest BCUT2D eigenvalue weighted by Gasteiger charge is -2.27. The van der Waals surface area contributed by atoms with E-state index >= 15 is 0 Å². The minimum absolute atomic E-state index is 0.108. The van der Waals surface area contributed by atoms with Gasteiger partial charge in [0.05, 0.1) is 25.3 Å². The third kappa shape index (κ3) is 5.10. The van der Waals surface area contributed by atoms with Gasteiger partial charge in [-0.2, -0.15) is 0 Å². The Bertz CT molecular complexity index is 1390. The molecule has 198 valence electrons. The number of hydrogen-bond acceptors (Lipinski definition) is 4. The molecule has 1 fully saturated rings. The van der Waals surface area contributed by atoms with Gasteiger partial charge in [0.25, 0.3) is 11.7 Å². The Labute approximate surface area is 225 Å². The van der Waals surface area contributed by atoms with Crippen molar-refractivity contribution in [2.45, 2.75) is 65.5 Å². The summed E-state index contributed by atoms with van der Waals surface area (Å²) in [7, 11) is 1.58. The van der Waals surface area contributed by atoms with Gasteiger partial charge in [-0.05, 0) is 52.6 Å². The molecular formula is C33H37NO4. The monoisotopic (exact) mass is 511 g/mol. The maximum atomic E-state index is 13.6. The first kappa shape index (κ1) is 27.2. The van der Waals surface area contributed by atoms with E-state index < -0.39 is 17.7 Å². The standard InChI is InChI=1S/C33H37NO4/c1-20(2)22-13-15-23(16-14-22)29-28(30(35)26-18-25(33(4,5)6)17-12-21(26)3)31(36)32(37)34(29)19-24-10-8-9-11-27(24)38-7/h8-18,20,29,35H,19H2,1-7H3/b30-28+. The molecule has 38 heavy (non-hydrogen) atoms. The van der Waals surface area contributed by atoms with Crippen LogP contribution in [0.3, 0.4) is 0 Å². The molecule has 5 nitrogen and oxygen atoms in total. The van der Waals surface area contributed by atoms with Crippen molar-refractivity contribution in [3.8, 4) is 5.75 Å². The Kier molecular flexibility index (Phi) is 7.50. The summed E-state index contributed by atoms with van der Waals surface area (Å²) in [5.41, 5.74) is 5.11. The molecule has 1 N–H and O–H groups in total. The van der Waals surface area contributed by atoms with Crippen molar-refractivity contribution in [3.63, 3.8) is 0 Å². The van der Waals surface area contributed by atoms with Crippen molar-refractivity contribution in [1.82, 2.24) is 4.90 Å². The van der Waals surface area contributed by atoms with Gasteiger partial charge in [0.15, 0.2) is 0 Å². The van der Waals surface area contributed by atoms with Crippen LogP contribution in [0.1, 0.15) is 80.0 Å². The molecule has 1 unspecified atom stereocenters. The van der Waals surface area contributed by atoms with Crippen LogP contribution in [0.5, 0.6) is 5.75 Å². The number of rotatable bonds is 6. The van der Waals surface area contributed by atoms with Crippen LogP contribution < -0.4 is 4.74 Å². The van der Waals surface area contributed by atoms with E-state index in [1.54, 1.807) is 12.0 Å². The quantitative estimate of drug-likeness (QED) is 0.219. The molecule has 5 heteroatoms. The van der Waals surface area contributed by atoms with E-state index in [0.29, 0.717) is 17.2 Å². The molecule has 0 aromatic heterocycles.